The van der Waals surface area contributed by atoms with Crippen LogP contribution >= 0.6 is 12.4 Å². The molecule has 24 heavy (non-hydrogen) atoms. The van der Waals surface area contributed by atoms with Gasteiger partial charge >= 0.3 is 0 Å². The van der Waals surface area contributed by atoms with Crippen molar-refractivity contribution in [2.45, 2.75) is 19.3 Å². The molecule has 6 heteroatoms. The first-order valence-corrected chi connectivity index (χ1v) is 7.80. The van der Waals surface area contributed by atoms with E-state index in [0.29, 0.717) is 0 Å². The SMILES string of the molecule is Cl.c1nc(Nc2ccc3c(c2)CCC3)c2cc3c(cc2n1)OCO3. The van der Waals surface area contributed by atoms with Gasteiger partial charge in [-0.05, 0) is 48.6 Å². The zero-order chi connectivity index (χ0) is 15.2. The highest BCUT2D eigenvalue weighted by Gasteiger charge is 2.17. The molecule has 5 nitrogen and oxygen atoms in total. The lowest BCUT2D eigenvalue weighted by molar-refractivity contribution is 0.174. The summed E-state index contributed by atoms with van der Waals surface area (Å²) in [6, 6.07) is 10.4. The first kappa shape index (κ1) is 15.0. The third-order valence-electron chi connectivity index (χ3n) is 4.49. The Hall–Kier alpha value is -2.53. The maximum absolute atomic E-state index is 5.47. The Morgan fingerprint density at radius 2 is 1.75 bits per heavy atom. The maximum Gasteiger partial charge on any atom is 0.231 e. The van der Waals surface area contributed by atoms with Crippen LogP contribution in [0.1, 0.15) is 17.5 Å². The van der Waals surface area contributed by atoms with Gasteiger partial charge in [-0.1, -0.05) is 6.07 Å². The van der Waals surface area contributed by atoms with Gasteiger partial charge in [-0.3, -0.25) is 0 Å². The third-order valence-corrected chi connectivity index (χ3v) is 4.49. The molecular weight excluding hydrogens is 326 g/mol. The summed E-state index contributed by atoms with van der Waals surface area (Å²) in [4.78, 5) is 8.73. The van der Waals surface area contributed by atoms with E-state index in [2.05, 4.69) is 33.5 Å². The van der Waals surface area contributed by atoms with Crippen molar-refractivity contribution in [1.29, 1.82) is 0 Å². The second-order valence-corrected chi connectivity index (χ2v) is 5.91. The summed E-state index contributed by atoms with van der Waals surface area (Å²) in [6.07, 6.45) is 5.17. The van der Waals surface area contributed by atoms with E-state index < -0.39 is 0 Å². The van der Waals surface area contributed by atoms with Gasteiger partial charge in [0.05, 0.1) is 5.52 Å². The summed E-state index contributed by atoms with van der Waals surface area (Å²) in [5.74, 6) is 2.26. The number of aryl methyl sites for hydroxylation is 2. The summed E-state index contributed by atoms with van der Waals surface area (Å²) >= 11 is 0. The molecule has 0 atom stereocenters. The monoisotopic (exact) mass is 341 g/mol. The number of rotatable bonds is 2. The molecule has 0 fully saturated rings. The summed E-state index contributed by atoms with van der Waals surface area (Å²) in [5.41, 5.74) is 4.80. The molecule has 2 heterocycles. The van der Waals surface area contributed by atoms with Crippen molar-refractivity contribution in [3.8, 4) is 11.5 Å². The first-order valence-electron chi connectivity index (χ1n) is 7.80. The summed E-state index contributed by atoms with van der Waals surface area (Å²) in [5, 5.41) is 4.35. The van der Waals surface area contributed by atoms with Crippen LogP contribution in [0.5, 0.6) is 11.5 Å². The molecule has 0 saturated heterocycles. The Morgan fingerprint density at radius 1 is 0.917 bits per heavy atom. The molecule has 0 unspecified atom stereocenters. The molecule has 3 aromatic rings. The van der Waals surface area contributed by atoms with E-state index in [1.165, 1.54) is 24.0 Å². The molecule has 1 aliphatic carbocycles. The first-order chi connectivity index (χ1) is 11.4. The van der Waals surface area contributed by atoms with E-state index in [9.17, 15) is 0 Å². The van der Waals surface area contributed by atoms with Crippen LogP contribution in [0.3, 0.4) is 0 Å². The van der Waals surface area contributed by atoms with Crippen molar-refractivity contribution in [3.05, 3.63) is 47.8 Å². The van der Waals surface area contributed by atoms with E-state index in [1.807, 2.05) is 12.1 Å². The average molecular weight is 342 g/mol. The van der Waals surface area contributed by atoms with E-state index in [-0.39, 0.29) is 19.2 Å². The van der Waals surface area contributed by atoms with Crippen LogP contribution in [0, 0.1) is 0 Å². The Kier molecular flexibility index (Phi) is 3.65. The molecule has 0 spiro atoms. The molecule has 0 amide bonds. The fourth-order valence-corrected chi connectivity index (χ4v) is 3.33. The van der Waals surface area contributed by atoms with Crippen LogP contribution < -0.4 is 14.8 Å². The number of aromatic nitrogens is 2. The highest BCUT2D eigenvalue weighted by molar-refractivity contribution is 5.93. The topological polar surface area (TPSA) is 56.3 Å². The van der Waals surface area contributed by atoms with Gasteiger partial charge in [0.2, 0.25) is 6.79 Å². The lowest BCUT2D eigenvalue weighted by atomic mass is 10.1. The molecule has 2 aliphatic rings. The summed E-state index contributed by atoms with van der Waals surface area (Å²) in [7, 11) is 0. The van der Waals surface area contributed by atoms with Crippen LogP contribution in [0.4, 0.5) is 11.5 Å². The van der Waals surface area contributed by atoms with Crippen LogP contribution in [-0.2, 0) is 12.8 Å². The zero-order valence-corrected chi connectivity index (χ0v) is 13.7. The zero-order valence-electron chi connectivity index (χ0n) is 12.9. The van der Waals surface area contributed by atoms with Crippen LogP contribution in [0.2, 0.25) is 0 Å². The highest BCUT2D eigenvalue weighted by Crippen LogP contribution is 2.37. The normalized spacial score (nSPS) is 14.3. The van der Waals surface area contributed by atoms with E-state index in [4.69, 9.17) is 9.47 Å². The van der Waals surface area contributed by atoms with E-state index >= 15 is 0 Å². The highest BCUT2D eigenvalue weighted by atomic mass is 35.5. The number of ether oxygens (including phenoxy) is 2. The molecule has 1 aliphatic heterocycles. The number of hydrogen-bond donors (Lipinski definition) is 1. The van der Waals surface area contributed by atoms with Crippen molar-refractivity contribution in [2.24, 2.45) is 0 Å². The maximum atomic E-state index is 5.47. The lowest BCUT2D eigenvalue weighted by Crippen LogP contribution is -1.97. The molecule has 2 aromatic carbocycles. The van der Waals surface area contributed by atoms with Crippen molar-refractivity contribution in [3.63, 3.8) is 0 Å². The molecule has 0 saturated carbocycles. The predicted octanol–water partition coefficient (Wildman–Crippen LogP) is 4.01. The van der Waals surface area contributed by atoms with Gasteiger partial charge in [0, 0.05) is 17.1 Å². The third kappa shape index (κ3) is 2.41. The molecule has 0 radical (unpaired) electrons. The molecule has 5 rings (SSSR count). The van der Waals surface area contributed by atoms with Gasteiger partial charge in [0.25, 0.3) is 0 Å². The number of fused-ring (bicyclic) bond motifs is 3. The number of anilines is 2. The Balaban J connectivity index is 0.00000146. The molecule has 0 bridgehead atoms. The second-order valence-electron chi connectivity index (χ2n) is 5.91. The van der Waals surface area contributed by atoms with Gasteiger partial charge in [-0.15, -0.1) is 12.4 Å². The van der Waals surface area contributed by atoms with Gasteiger partial charge in [-0.2, -0.15) is 0 Å². The van der Waals surface area contributed by atoms with Crippen molar-refractivity contribution >= 4 is 34.8 Å². The Morgan fingerprint density at radius 3 is 2.67 bits per heavy atom. The van der Waals surface area contributed by atoms with Crippen LogP contribution in [0.25, 0.3) is 10.9 Å². The van der Waals surface area contributed by atoms with E-state index in [0.717, 1.165) is 40.3 Å². The van der Waals surface area contributed by atoms with Crippen LogP contribution in [-0.4, -0.2) is 16.8 Å². The second kappa shape index (κ2) is 5.83. The molecule has 122 valence electrons. The van der Waals surface area contributed by atoms with Gasteiger partial charge < -0.3 is 14.8 Å². The van der Waals surface area contributed by atoms with Gasteiger partial charge in [0.15, 0.2) is 11.5 Å². The number of benzene rings is 2. The molecule has 1 aromatic heterocycles. The Labute approximate surface area is 145 Å². The minimum Gasteiger partial charge on any atom is -0.454 e. The van der Waals surface area contributed by atoms with Crippen molar-refractivity contribution in [1.82, 2.24) is 9.97 Å². The lowest BCUT2D eigenvalue weighted by Gasteiger charge is -2.10. The molecule has 1 N–H and O–H groups in total. The van der Waals surface area contributed by atoms with Crippen molar-refractivity contribution in [2.75, 3.05) is 12.1 Å². The fraction of sp³-hybridized carbons (Fsp3) is 0.222. The van der Waals surface area contributed by atoms with Crippen molar-refractivity contribution < 1.29 is 9.47 Å². The smallest absolute Gasteiger partial charge is 0.231 e. The predicted molar refractivity (Wildman–Crippen MR) is 94.7 cm³/mol. The Bertz CT molecular complexity index is 930. The van der Waals surface area contributed by atoms with Gasteiger partial charge in [0.1, 0.15) is 12.1 Å². The largest absolute Gasteiger partial charge is 0.454 e. The summed E-state index contributed by atoms with van der Waals surface area (Å²) < 4.78 is 10.9. The fourth-order valence-electron chi connectivity index (χ4n) is 3.33. The number of nitrogens with zero attached hydrogens (tertiary/aromatic N) is 2. The van der Waals surface area contributed by atoms with Crippen LogP contribution in [0.15, 0.2) is 36.7 Å². The molecular formula is C18H16ClN3O2. The quantitative estimate of drug-likeness (QED) is 0.763. The minimum atomic E-state index is 0. The standard InChI is InChI=1S/C18H15N3O2.ClH/c1-2-11-4-5-13(6-12(11)3-1)21-18-14-7-16-17(23-10-22-16)8-15(14)19-9-20-18;/h4-9H,1-3,10H2,(H,19,20,21);1H. The number of halogens is 1. The summed E-state index contributed by atoms with van der Waals surface area (Å²) in [6.45, 7) is 0.257. The number of hydrogen-bond acceptors (Lipinski definition) is 5. The van der Waals surface area contributed by atoms with E-state index in [1.54, 1.807) is 6.33 Å². The van der Waals surface area contributed by atoms with Gasteiger partial charge in [-0.25, -0.2) is 9.97 Å². The average Bonchev–Trinajstić information content (AvgIpc) is 3.21. The number of nitrogens with one attached hydrogen (secondary N) is 1. The minimum absolute atomic E-state index is 0.